The highest BCUT2D eigenvalue weighted by Crippen LogP contribution is 2.21. The number of carboxylic acid groups (broad SMARTS) is 1. The summed E-state index contributed by atoms with van der Waals surface area (Å²) < 4.78 is 13.1. The maximum atomic E-state index is 13.1. The molecule has 2 rings (SSSR count). The van der Waals surface area contributed by atoms with Crippen molar-refractivity contribution in [1.82, 2.24) is 10.2 Å². The van der Waals surface area contributed by atoms with E-state index < -0.39 is 11.8 Å². The summed E-state index contributed by atoms with van der Waals surface area (Å²) in [6.45, 7) is 0. The van der Waals surface area contributed by atoms with Crippen LogP contribution >= 0.6 is 11.3 Å². The number of benzene rings is 1. The van der Waals surface area contributed by atoms with Gasteiger partial charge in [0.05, 0.1) is 5.56 Å². The lowest BCUT2D eigenvalue weighted by Crippen LogP contribution is -1.97. The predicted octanol–water partition coefficient (Wildman–Crippen LogP) is 1.34. The van der Waals surface area contributed by atoms with Gasteiger partial charge in [-0.2, -0.15) is 5.10 Å². The van der Waals surface area contributed by atoms with Crippen LogP contribution in [0.5, 0.6) is 0 Å². The highest BCUT2D eigenvalue weighted by molar-refractivity contribution is 7.12. The molecule has 1 aromatic carbocycles. The van der Waals surface area contributed by atoms with Gasteiger partial charge in [0.2, 0.25) is 0 Å². The van der Waals surface area contributed by atoms with Crippen LogP contribution < -0.4 is 4.87 Å². The van der Waals surface area contributed by atoms with Crippen LogP contribution in [0.3, 0.4) is 0 Å². The van der Waals surface area contributed by atoms with Crippen molar-refractivity contribution in [1.29, 1.82) is 0 Å². The summed E-state index contributed by atoms with van der Waals surface area (Å²) in [7, 11) is 0. The van der Waals surface area contributed by atoms with Crippen molar-refractivity contribution in [3.63, 3.8) is 0 Å². The van der Waals surface area contributed by atoms with Crippen LogP contribution in [0.25, 0.3) is 10.6 Å². The minimum Gasteiger partial charge on any atom is -0.478 e. The van der Waals surface area contributed by atoms with E-state index in [0.29, 0.717) is 0 Å². The molecular formula is C9H5FN2O3S. The molecule has 0 amide bonds. The summed E-state index contributed by atoms with van der Waals surface area (Å²) in [6, 6.07) is 3.29. The molecule has 0 radical (unpaired) electrons. The van der Waals surface area contributed by atoms with E-state index in [9.17, 15) is 14.0 Å². The van der Waals surface area contributed by atoms with Gasteiger partial charge < -0.3 is 5.11 Å². The number of aromatic nitrogens is 2. The summed E-state index contributed by atoms with van der Waals surface area (Å²) in [5, 5.41) is 14.8. The Morgan fingerprint density at radius 3 is 2.75 bits per heavy atom. The normalized spacial score (nSPS) is 10.3. The van der Waals surface area contributed by atoms with Crippen molar-refractivity contribution in [2.45, 2.75) is 0 Å². The Morgan fingerprint density at radius 2 is 2.19 bits per heavy atom. The van der Waals surface area contributed by atoms with Gasteiger partial charge in [0, 0.05) is 5.56 Å². The molecule has 0 saturated carbocycles. The smallest absolute Gasteiger partial charge is 0.335 e. The molecule has 2 aromatic rings. The van der Waals surface area contributed by atoms with E-state index in [-0.39, 0.29) is 21.0 Å². The average Bonchev–Trinajstić information content (AvgIpc) is 2.64. The lowest BCUT2D eigenvalue weighted by molar-refractivity contribution is 0.0696. The third kappa shape index (κ3) is 1.98. The van der Waals surface area contributed by atoms with E-state index in [1.807, 2.05) is 0 Å². The molecule has 1 heterocycles. The molecular weight excluding hydrogens is 235 g/mol. The number of nitrogens with zero attached hydrogens (tertiary/aromatic N) is 1. The summed E-state index contributed by atoms with van der Waals surface area (Å²) in [4.78, 5) is 21.2. The molecule has 0 spiro atoms. The van der Waals surface area contributed by atoms with E-state index in [4.69, 9.17) is 5.11 Å². The van der Waals surface area contributed by atoms with Gasteiger partial charge in [-0.15, -0.1) is 0 Å². The molecule has 0 aliphatic heterocycles. The van der Waals surface area contributed by atoms with E-state index in [2.05, 4.69) is 10.2 Å². The minimum absolute atomic E-state index is 0.183. The largest absolute Gasteiger partial charge is 0.478 e. The summed E-state index contributed by atoms with van der Waals surface area (Å²) in [5.74, 6) is -1.92. The Kier molecular flexibility index (Phi) is 2.53. The molecule has 0 fully saturated rings. The highest BCUT2D eigenvalue weighted by Gasteiger charge is 2.10. The molecule has 16 heavy (non-hydrogen) atoms. The first kappa shape index (κ1) is 10.5. The maximum absolute atomic E-state index is 13.1. The Labute approximate surface area is 92.2 Å². The Balaban J connectivity index is 2.57. The second-order valence-electron chi connectivity index (χ2n) is 2.95. The van der Waals surface area contributed by atoms with Crippen LogP contribution in [0.15, 0.2) is 23.0 Å². The van der Waals surface area contributed by atoms with Crippen molar-refractivity contribution in [3.05, 3.63) is 39.2 Å². The third-order valence-electron chi connectivity index (χ3n) is 1.83. The number of halogens is 1. The second kappa shape index (κ2) is 3.86. The first-order valence-electron chi connectivity index (χ1n) is 4.16. The number of aromatic carboxylic acids is 1. The molecule has 2 N–H and O–H groups in total. The van der Waals surface area contributed by atoms with Crippen molar-refractivity contribution in [2.24, 2.45) is 0 Å². The van der Waals surface area contributed by atoms with E-state index >= 15 is 0 Å². The van der Waals surface area contributed by atoms with Crippen molar-refractivity contribution < 1.29 is 14.3 Å². The monoisotopic (exact) mass is 240 g/mol. The standard InChI is InChI=1S/C9H5FN2O3S/c10-6-2-4(1-5(3-6)8(13)14)7-11-12-9(15)16-7/h1-3H,(H,12,15)(H,13,14). The number of carbonyl (C=O) groups is 1. The van der Waals surface area contributed by atoms with E-state index in [1.165, 1.54) is 6.07 Å². The Bertz CT molecular complexity index is 605. The Morgan fingerprint density at radius 1 is 1.44 bits per heavy atom. The molecule has 1 aromatic heterocycles. The number of hydrogen-bond acceptors (Lipinski definition) is 4. The molecule has 0 aliphatic rings. The fourth-order valence-corrected chi connectivity index (χ4v) is 1.78. The number of aromatic amines is 1. The number of hydrogen-bond donors (Lipinski definition) is 2. The van der Waals surface area contributed by atoms with Crippen LogP contribution in [0.4, 0.5) is 4.39 Å². The van der Waals surface area contributed by atoms with Gasteiger partial charge in [-0.25, -0.2) is 14.3 Å². The van der Waals surface area contributed by atoms with Crippen LogP contribution in [0.1, 0.15) is 10.4 Å². The number of H-pyrrole nitrogens is 1. The fraction of sp³-hybridized carbons (Fsp3) is 0. The number of rotatable bonds is 2. The zero-order valence-electron chi connectivity index (χ0n) is 7.73. The summed E-state index contributed by atoms with van der Waals surface area (Å²) in [5.41, 5.74) is 0.0819. The van der Waals surface area contributed by atoms with Crippen LogP contribution in [-0.4, -0.2) is 21.3 Å². The van der Waals surface area contributed by atoms with Gasteiger partial charge in [-0.3, -0.25) is 4.79 Å². The number of nitrogens with one attached hydrogen (secondary N) is 1. The molecule has 0 bridgehead atoms. The lowest BCUT2D eigenvalue weighted by atomic mass is 10.1. The van der Waals surface area contributed by atoms with Crippen molar-refractivity contribution in [3.8, 4) is 10.6 Å². The molecule has 0 saturated heterocycles. The third-order valence-corrected chi connectivity index (χ3v) is 2.63. The summed E-state index contributed by atoms with van der Waals surface area (Å²) >= 11 is 0.788. The van der Waals surface area contributed by atoms with Gasteiger partial charge in [-0.05, 0) is 18.2 Å². The summed E-state index contributed by atoms with van der Waals surface area (Å²) in [6.07, 6.45) is 0. The molecule has 5 nitrogen and oxygen atoms in total. The Hall–Kier alpha value is -2.02. The van der Waals surface area contributed by atoms with Gasteiger partial charge in [-0.1, -0.05) is 11.3 Å². The van der Waals surface area contributed by atoms with Gasteiger partial charge in [0.1, 0.15) is 10.8 Å². The molecule has 82 valence electrons. The first-order valence-corrected chi connectivity index (χ1v) is 4.97. The SMILES string of the molecule is O=C(O)c1cc(F)cc(-c2n[nH]c(=O)s2)c1. The second-order valence-corrected chi connectivity index (χ2v) is 3.91. The van der Waals surface area contributed by atoms with Crippen LogP contribution in [0, 0.1) is 5.82 Å². The topological polar surface area (TPSA) is 83.0 Å². The quantitative estimate of drug-likeness (QED) is 0.829. The van der Waals surface area contributed by atoms with Gasteiger partial charge >= 0.3 is 10.8 Å². The van der Waals surface area contributed by atoms with E-state index in [0.717, 1.165) is 23.5 Å². The molecule has 0 aliphatic carbocycles. The first-order chi connectivity index (χ1) is 7.56. The van der Waals surface area contributed by atoms with Gasteiger partial charge in [0.25, 0.3) is 0 Å². The van der Waals surface area contributed by atoms with Crippen LogP contribution in [0.2, 0.25) is 0 Å². The average molecular weight is 240 g/mol. The minimum atomic E-state index is -1.23. The van der Waals surface area contributed by atoms with Crippen molar-refractivity contribution in [2.75, 3.05) is 0 Å². The molecule has 0 atom stereocenters. The fourth-order valence-electron chi connectivity index (χ4n) is 1.19. The lowest BCUT2D eigenvalue weighted by Gasteiger charge is -1.99. The highest BCUT2D eigenvalue weighted by atomic mass is 32.1. The van der Waals surface area contributed by atoms with E-state index in [1.54, 1.807) is 0 Å². The molecule has 7 heteroatoms. The zero-order valence-corrected chi connectivity index (χ0v) is 8.55. The van der Waals surface area contributed by atoms with Crippen LogP contribution in [-0.2, 0) is 0 Å². The molecule has 0 unspecified atom stereocenters. The maximum Gasteiger partial charge on any atom is 0.335 e. The van der Waals surface area contributed by atoms with Gasteiger partial charge in [0.15, 0.2) is 0 Å². The number of carboxylic acids is 1. The predicted molar refractivity (Wildman–Crippen MR) is 55.1 cm³/mol. The zero-order chi connectivity index (χ0) is 11.7. The van der Waals surface area contributed by atoms with Crippen molar-refractivity contribution >= 4 is 17.3 Å².